The highest BCUT2D eigenvalue weighted by molar-refractivity contribution is 5.76. The van der Waals surface area contributed by atoms with Crippen LogP contribution >= 0.6 is 0 Å². The van der Waals surface area contributed by atoms with Crippen LogP contribution in [0.2, 0.25) is 0 Å². The monoisotopic (exact) mass is 293 g/mol. The molecule has 0 aliphatic heterocycles. The molecule has 1 amide bonds. The van der Waals surface area contributed by atoms with E-state index in [2.05, 4.69) is 5.32 Å². The Hall–Kier alpha value is -2.04. The lowest BCUT2D eigenvalue weighted by atomic mass is 10.1. The van der Waals surface area contributed by atoms with Gasteiger partial charge in [0.2, 0.25) is 5.91 Å². The van der Waals surface area contributed by atoms with E-state index in [1.807, 2.05) is 31.2 Å². The highest BCUT2D eigenvalue weighted by atomic mass is 16.5. The number of carbonyl (C=O) groups is 2. The minimum atomic E-state index is -0.837. The Morgan fingerprint density at radius 3 is 2.81 bits per heavy atom. The molecular weight excluding hydrogens is 270 g/mol. The van der Waals surface area contributed by atoms with Gasteiger partial charge in [-0.05, 0) is 37.5 Å². The number of ether oxygens (including phenoxy) is 1. The zero-order valence-electron chi connectivity index (χ0n) is 12.6. The predicted molar refractivity (Wildman–Crippen MR) is 80.3 cm³/mol. The summed E-state index contributed by atoms with van der Waals surface area (Å²) in [6.45, 7) is 4.51. The van der Waals surface area contributed by atoms with E-state index in [4.69, 9.17) is 9.84 Å². The Bertz CT molecular complexity index is 473. The van der Waals surface area contributed by atoms with Gasteiger partial charge in [-0.25, -0.2) is 0 Å². The fourth-order valence-corrected chi connectivity index (χ4v) is 1.77. The second kappa shape index (κ2) is 9.00. The van der Waals surface area contributed by atoms with Gasteiger partial charge in [0.15, 0.2) is 0 Å². The van der Waals surface area contributed by atoms with Crippen molar-refractivity contribution >= 4 is 11.9 Å². The summed E-state index contributed by atoms with van der Waals surface area (Å²) in [6.07, 6.45) is 1.46. The van der Waals surface area contributed by atoms with Gasteiger partial charge in [0, 0.05) is 13.0 Å². The van der Waals surface area contributed by atoms with Crippen molar-refractivity contribution in [3.8, 4) is 5.75 Å². The second-order valence-electron chi connectivity index (χ2n) is 5.15. The summed E-state index contributed by atoms with van der Waals surface area (Å²) in [4.78, 5) is 22.2. The maximum Gasteiger partial charge on any atom is 0.306 e. The van der Waals surface area contributed by atoms with Gasteiger partial charge in [-0.3, -0.25) is 9.59 Å². The predicted octanol–water partition coefficient (Wildman–Crippen LogP) is 2.38. The lowest BCUT2D eigenvalue weighted by Crippen LogP contribution is -2.27. The highest BCUT2D eigenvalue weighted by Crippen LogP contribution is 2.12. The first-order valence-electron chi connectivity index (χ1n) is 7.18. The van der Waals surface area contributed by atoms with Gasteiger partial charge >= 0.3 is 5.97 Å². The van der Waals surface area contributed by atoms with E-state index in [9.17, 15) is 9.59 Å². The molecule has 0 saturated heterocycles. The maximum atomic E-state index is 11.5. The molecule has 1 atom stereocenters. The van der Waals surface area contributed by atoms with Gasteiger partial charge in [0.25, 0.3) is 0 Å². The number of carboxylic acids is 1. The van der Waals surface area contributed by atoms with Crippen molar-refractivity contribution < 1.29 is 19.4 Å². The van der Waals surface area contributed by atoms with Gasteiger partial charge in [-0.2, -0.15) is 0 Å². The Kier molecular flexibility index (Phi) is 7.29. The van der Waals surface area contributed by atoms with E-state index in [-0.39, 0.29) is 5.91 Å². The molecule has 0 aliphatic rings. The third-order valence-electron chi connectivity index (χ3n) is 3.13. The third-order valence-corrected chi connectivity index (χ3v) is 3.13. The fraction of sp³-hybridized carbons (Fsp3) is 0.500. The van der Waals surface area contributed by atoms with E-state index in [0.29, 0.717) is 32.4 Å². The Morgan fingerprint density at radius 1 is 1.38 bits per heavy atom. The number of carboxylic acid groups (broad SMARTS) is 1. The van der Waals surface area contributed by atoms with E-state index < -0.39 is 11.9 Å². The summed E-state index contributed by atoms with van der Waals surface area (Å²) in [5, 5.41) is 11.4. The average molecular weight is 293 g/mol. The number of aliphatic carboxylic acids is 1. The van der Waals surface area contributed by atoms with E-state index >= 15 is 0 Å². The molecule has 0 fully saturated rings. The van der Waals surface area contributed by atoms with Crippen molar-refractivity contribution in [2.24, 2.45) is 5.92 Å². The van der Waals surface area contributed by atoms with Gasteiger partial charge in [-0.15, -0.1) is 0 Å². The smallest absolute Gasteiger partial charge is 0.306 e. The fourth-order valence-electron chi connectivity index (χ4n) is 1.77. The first-order valence-corrected chi connectivity index (χ1v) is 7.18. The van der Waals surface area contributed by atoms with Crippen LogP contribution in [0.1, 0.15) is 31.7 Å². The van der Waals surface area contributed by atoms with Crippen LogP contribution in [0.4, 0.5) is 0 Å². The molecule has 1 aromatic rings. The number of nitrogens with one attached hydrogen (secondary N) is 1. The van der Waals surface area contributed by atoms with Crippen LogP contribution in [-0.4, -0.2) is 30.1 Å². The Labute approximate surface area is 125 Å². The quantitative estimate of drug-likeness (QED) is 0.685. The van der Waals surface area contributed by atoms with Crippen molar-refractivity contribution in [2.75, 3.05) is 13.2 Å². The molecule has 5 nitrogen and oxygen atoms in total. The number of hydrogen-bond donors (Lipinski definition) is 2. The molecular formula is C16H23NO4. The number of hydrogen-bond acceptors (Lipinski definition) is 3. The van der Waals surface area contributed by atoms with Gasteiger partial charge in [-0.1, -0.05) is 19.1 Å². The van der Waals surface area contributed by atoms with E-state index in [1.54, 1.807) is 6.92 Å². The van der Waals surface area contributed by atoms with Crippen LogP contribution in [0.15, 0.2) is 24.3 Å². The minimum Gasteiger partial charge on any atom is -0.494 e. The van der Waals surface area contributed by atoms with Gasteiger partial charge in [0.05, 0.1) is 12.5 Å². The number of aryl methyl sites for hydroxylation is 1. The lowest BCUT2D eigenvalue weighted by molar-refractivity contribution is -0.141. The summed E-state index contributed by atoms with van der Waals surface area (Å²) in [7, 11) is 0. The highest BCUT2D eigenvalue weighted by Gasteiger charge is 2.10. The largest absolute Gasteiger partial charge is 0.494 e. The zero-order chi connectivity index (χ0) is 15.7. The molecule has 21 heavy (non-hydrogen) atoms. The zero-order valence-corrected chi connectivity index (χ0v) is 12.6. The van der Waals surface area contributed by atoms with Gasteiger partial charge in [0.1, 0.15) is 5.75 Å². The Balaban J connectivity index is 2.09. The topological polar surface area (TPSA) is 75.6 Å². The first-order chi connectivity index (χ1) is 9.99. The molecule has 0 spiro atoms. The average Bonchev–Trinajstić information content (AvgIpc) is 2.43. The lowest BCUT2D eigenvalue weighted by Gasteiger charge is -2.09. The number of carbonyl (C=O) groups excluding carboxylic acids is 1. The molecule has 1 rings (SSSR count). The number of rotatable bonds is 9. The molecule has 2 N–H and O–H groups in total. The van der Waals surface area contributed by atoms with Crippen molar-refractivity contribution in [3.05, 3.63) is 29.8 Å². The molecule has 0 aliphatic carbocycles. The molecule has 0 heterocycles. The third kappa shape index (κ3) is 7.34. The van der Waals surface area contributed by atoms with Crippen molar-refractivity contribution in [1.29, 1.82) is 0 Å². The molecule has 0 bridgehead atoms. The number of amides is 1. The number of benzene rings is 1. The maximum absolute atomic E-state index is 11.5. The first kappa shape index (κ1) is 17.0. The van der Waals surface area contributed by atoms with Crippen LogP contribution in [-0.2, 0) is 9.59 Å². The van der Waals surface area contributed by atoms with Crippen molar-refractivity contribution in [3.63, 3.8) is 0 Å². The summed E-state index contributed by atoms with van der Waals surface area (Å²) < 4.78 is 5.55. The van der Waals surface area contributed by atoms with Crippen LogP contribution in [0, 0.1) is 12.8 Å². The normalized spacial score (nSPS) is 11.7. The van der Waals surface area contributed by atoms with Crippen LogP contribution in [0.5, 0.6) is 5.75 Å². The Morgan fingerprint density at radius 2 is 2.14 bits per heavy atom. The molecule has 1 unspecified atom stereocenters. The molecule has 5 heteroatoms. The summed E-state index contributed by atoms with van der Waals surface area (Å²) in [5.74, 6) is -0.531. The summed E-state index contributed by atoms with van der Waals surface area (Å²) in [5.41, 5.74) is 1.14. The SMILES string of the molecule is Cc1cccc(OCCCC(=O)NCCC(C)C(=O)O)c1. The van der Waals surface area contributed by atoms with Crippen molar-refractivity contribution in [1.82, 2.24) is 5.32 Å². The van der Waals surface area contributed by atoms with Crippen LogP contribution in [0.25, 0.3) is 0 Å². The molecule has 116 valence electrons. The molecule has 0 saturated carbocycles. The summed E-state index contributed by atoms with van der Waals surface area (Å²) >= 11 is 0. The van der Waals surface area contributed by atoms with E-state index in [0.717, 1.165) is 11.3 Å². The standard InChI is InChI=1S/C16H23NO4/c1-12-5-3-6-14(11-12)21-10-4-7-15(18)17-9-8-13(2)16(19)20/h3,5-6,11,13H,4,7-10H2,1-2H3,(H,17,18)(H,19,20). The van der Waals surface area contributed by atoms with E-state index in [1.165, 1.54) is 0 Å². The molecule has 0 radical (unpaired) electrons. The second-order valence-corrected chi connectivity index (χ2v) is 5.15. The van der Waals surface area contributed by atoms with Crippen molar-refractivity contribution in [2.45, 2.75) is 33.1 Å². The van der Waals surface area contributed by atoms with Crippen LogP contribution in [0.3, 0.4) is 0 Å². The summed E-state index contributed by atoms with van der Waals surface area (Å²) in [6, 6.07) is 7.77. The van der Waals surface area contributed by atoms with Gasteiger partial charge < -0.3 is 15.2 Å². The van der Waals surface area contributed by atoms with Crippen LogP contribution < -0.4 is 10.1 Å². The molecule has 0 aromatic heterocycles. The minimum absolute atomic E-state index is 0.0690. The molecule has 1 aromatic carbocycles.